The summed E-state index contributed by atoms with van der Waals surface area (Å²) in [6.07, 6.45) is -2.48. The van der Waals surface area contributed by atoms with Crippen LogP contribution in [-0.2, 0) is 16.2 Å². The summed E-state index contributed by atoms with van der Waals surface area (Å²) in [6.45, 7) is 0. The highest BCUT2D eigenvalue weighted by atomic mass is 32.2. The number of aromatic amines is 1. The van der Waals surface area contributed by atoms with Gasteiger partial charge in [0, 0.05) is 0 Å². The van der Waals surface area contributed by atoms with E-state index in [0.717, 1.165) is 24.7 Å². The van der Waals surface area contributed by atoms with Crippen molar-refractivity contribution in [1.82, 2.24) is 19.9 Å². The second-order valence-electron chi connectivity index (χ2n) is 4.32. The predicted molar refractivity (Wildman–Crippen MR) is 67.6 cm³/mol. The van der Waals surface area contributed by atoms with Gasteiger partial charge in [0.2, 0.25) is 10.0 Å². The second kappa shape index (κ2) is 5.45. The Labute approximate surface area is 118 Å². The van der Waals surface area contributed by atoms with Crippen molar-refractivity contribution < 1.29 is 21.6 Å². The van der Waals surface area contributed by atoms with E-state index in [1.165, 1.54) is 12.1 Å². The molecule has 1 heterocycles. The molecule has 1 unspecified atom stereocenters. The van der Waals surface area contributed by atoms with Gasteiger partial charge >= 0.3 is 6.18 Å². The van der Waals surface area contributed by atoms with Gasteiger partial charge in [-0.1, -0.05) is 12.1 Å². The van der Waals surface area contributed by atoms with Crippen LogP contribution in [-0.4, -0.2) is 29.9 Å². The molecule has 21 heavy (non-hydrogen) atoms. The molecule has 0 fully saturated rings. The van der Waals surface area contributed by atoms with Crippen LogP contribution in [0.3, 0.4) is 0 Å². The number of hydrogen-bond acceptors (Lipinski definition) is 4. The number of benzene rings is 1. The van der Waals surface area contributed by atoms with Crippen molar-refractivity contribution in [3.63, 3.8) is 0 Å². The molecule has 6 nitrogen and oxygen atoms in total. The highest BCUT2D eigenvalue weighted by Crippen LogP contribution is 2.31. The zero-order valence-electron chi connectivity index (χ0n) is 10.7. The zero-order valence-corrected chi connectivity index (χ0v) is 11.5. The maximum atomic E-state index is 12.7. The molecule has 2 rings (SSSR count). The molecule has 2 N–H and O–H groups in total. The monoisotopic (exact) mass is 320 g/mol. The first kappa shape index (κ1) is 15.4. The number of alkyl halides is 3. The number of hydrogen-bond donors (Lipinski definition) is 2. The molecule has 114 valence electrons. The Morgan fingerprint density at radius 2 is 2.05 bits per heavy atom. The van der Waals surface area contributed by atoms with Crippen LogP contribution in [0.25, 0.3) is 0 Å². The average molecular weight is 320 g/mol. The lowest BCUT2D eigenvalue weighted by Crippen LogP contribution is -2.29. The van der Waals surface area contributed by atoms with Gasteiger partial charge in [0.05, 0.1) is 11.8 Å². The largest absolute Gasteiger partial charge is 0.416 e. The number of H-pyrrole nitrogens is 1. The molecule has 0 aliphatic heterocycles. The number of nitrogens with one attached hydrogen (secondary N) is 2. The molecule has 2 aromatic rings. The van der Waals surface area contributed by atoms with E-state index in [1.54, 1.807) is 0 Å². The zero-order chi connectivity index (χ0) is 15.7. The van der Waals surface area contributed by atoms with Gasteiger partial charge in [-0.2, -0.15) is 18.3 Å². The highest BCUT2D eigenvalue weighted by Gasteiger charge is 2.31. The molecule has 0 saturated heterocycles. The minimum absolute atomic E-state index is 0.0970. The Bertz CT molecular complexity index is 713. The third-order valence-corrected chi connectivity index (χ3v) is 3.25. The molecule has 1 atom stereocenters. The summed E-state index contributed by atoms with van der Waals surface area (Å²) in [5.74, 6) is 0.0970. The fraction of sp³-hybridized carbons (Fsp3) is 0.273. The van der Waals surface area contributed by atoms with E-state index in [1.807, 2.05) is 0 Å². The lowest BCUT2D eigenvalue weighted by Gasteiger charge is -2.17. The summed E-state index contributed by atoms with van der Waals surface area (Å²) < 4.78 is 63.2. The van der Waals surface area contributed by atoms with Crippen LogP contribution >= 0.6 is 0 Å². The van der Waals surface area contributed by atoms with E-state index < -0.39 is 27.8 Å². The van der Waals surface area contributed by atoms with E-state index >= 15 is 0 Å². The smallest absolute Gasteiger partial charge is 0.262 e. The summed E-state index contributed by atoms with van der Waals surface area (Å²) in [6, 6.07) is 3.27. The van der Waals surface area contributed by atoms with Crippen molar-refractivity contribution in [3.05, 3.63) is 47.5 Å². The first-order chi connectivity index (χ1) is 9.67. The Balaban J connectivity index is 2.47. The van der Waals surface area contributed by atoms with Gasteiger partial charge in [0.15, 0.2) is 0 Å². The van der Waals surface area contributed by atoms with Crippen molar-refractivity contribution in [2.75, 3.05) is 6.26 Å². The van der Waals surface area contributed by atoms with Crippen LogP contribution in [0, 0.1) is 0 Å². The maximum absolute atomic E-state index is 12.7. The lowest BCUT2D eigenvalue weighted by atomic mass is 10.0. The number of sulfonamides is 1. The van der Waals surface area contributed by atoms with Crippen molar-refractivity contribution in [2.45, 2.75) is 12.2 Å². The van der Waals surface area contributed by atoms with Gasteiger partial charge < -0.3 is 0 Å². The SMILES string of the molecule is CS(=O)(=O)NC(c1cccc(C(F)(F)F)c1)c1ncn[nH]1. The van der Waals surface area contributed by atoms with Crippen molar-refractivity contribution in [2.24, 2.45) is 0 Å². The van der Waals surface area contributed by atoms with Gasteiger partial charge in [-0.05, 0) is 17.7 Å². The summed E-state index contributed by atoms with van der Waals surface area (Å²) >= 11 is 0. The first-order valence-electron chi connectivity index (χ1n) is 5.66. The molecular weight excluding hydrogens is 309 g/mol. The minimum Gasteiger partial charge on any atom is -0.262 e. The molecule has 0 spiro atoms. The van der Waals surface area contributed by atoms with E-state index in [4.69, 9.17) is 0 Å². The van der Waals surface area contributed by atoms with E-state index in [-0.39, 0.29) is 11.4 Å². The van der Waals surface area contributed by atoms with Crippen LogP contribution in [0.4, 0.5) is 13.2 Å². The number of halogens is 3. The number of rotatable bonds is 4. The van der Waals surface area contributed by atoms with Gasteiger partial charge in [0.25, 0.3) is 0 Å². The molecule has 1 aromatic carbocycles. The van der Waals surface area contributed by atoms with Crippen LogP contribution in [0.2, 0.25) is 0 Å². The molecule has 0 bridgehead atoms. The van der Waals surface area contributed by atoms with Crippen LogP contribution < -0.4 is 4.72 Å². The number of aromatic nitrogens is 3. The molecule has 0 amide bonds. The Hall–Kier alpha value is -1.94. The van der Waals surface area contributed by atoms with E-state index in [9.17, 15) is 21.6 Å². The average Bonchev–Trinajstić information content (AvgIpc) is 2.87. The summed E-state index contributed by atoms with van der Waals surface area (Å²) in [7, 11) is -3.66. The molecule has 0 radical (unpaired) electrons. The molecule has 0 aliphatic rings. The third-order valence-electron chi connectivity index (χ3n) is 2.59. The summed E-state index contributed by atoms with van der Waals surface area (Å²) in [4.78, 5) is 3.79. The van der Waals surface area contributed by atoms with Gasteiger partial charge in [-0.25, -0.2) is 18.1 Å². The van der Waals surface area contributed by atoms with Gasteiger partial charge in [-0.3, -0.25) is 5.10 Å². The van der Waals surface area contributed by atoms with Crippen LogP contribution in [0.15, 0.2) is 30.6 Å². The van der Waals surface area contributed by atoms with Crippen LogP contribution in [0.1, 0.15) is 23.0 Å². The Morgan fingerprint density at radius 1 is 1.33 bits per heavy atom. The van der Waals surface area contributed by atoms with Crippen molar-refractivity contribution >= 4 is 10.0 Å². The fourth-order valence-corrected chi connectivity index (χ4v) is 2.42. The first-order valence-corrected chi connectivity index (χ1v) is 7.56. The molecular formula is C11H11F3N4O2S. The molecule has 10 heteroatoms. The quantitative estimate of drug-likeness (QED) is 0.893. The second-order valence-corrected chi connectivity index (χ2v) is 6.10. The lowest BCUT2D eigenvalue weighted by molar-refractivity contribution is -0.137. The fourth-order valence-electron chi connectivity index (χ4n) is 1.74. The maximum Gasteiger partial charge on any atom is 0.416 e. The predicted octanol–water partition coefficient (Wildman–Crippen LogP) is 1.46. The molecule has 0 aliphatic carbocycles. The van der Waals surface area contributed by atoms with Crippen molar-refractivity contribution in [3.8, 4) is 0 Å². The third kappa shape index (κ3) is 4.02. The molecule has 1 aromatic heterocycles. The standard InChI is InChI=1S/C11H11F3N4O2S/c1-21(19,20)18-9(10-15-6-16-17-10)7-3-2-4-8(5-7)11(12,13)14/h2-6,9,18H,1H3,(H,15,16,17). The highest BCUT2D eigenvalue weighted by molar-refractivity contribution is 7.88. The summed E-state index contributed by atoms with van der Waals surface area (Å²) in [5, 5.41) is 6.02. The van der Waals surface area contributed by atoms with Gasteiger partial charge in [-0.15, -0.1) is 0 Å². The minimum atomic E-state index is -4.52. The van der Waals surface area contributed by atoms with Crippen LogP contribution in [0.5, 0.6) is 0 Å². The van der Waals surface area contributed by atoms with E-state index in [2.05, 4.69) is 19.9 Å². The van der Waals surface area contributed by atoms with E-state index in [0.29, 0.717) is 0 Å². The topological polar surface area (TPSA) is 87.7 Å². The van der Waals surface area contributed by atoms with Gasteiger partial charge in [0.1, 0.15) is 18.2 Å². The summed E-state index contributed by atoms with van der Waals surface area (Å²) in [5.41, 5.74) is -0.771. The molecule has 0 saturated carbocycles. The Kier molecular flexibility index (Phi) is 4.01. The number of nitrogens with zero attached hydrogens (tertiary/aromatic N) is 2. The normalized spacial score (nSPS) is 14.1. The van der Waals surface area contributed by atoms with Crippen molar-refractivity contribution in [1.29, 1.82) is 0 Å². The Morgan fingerprint density at radius 3 is 2.57 bits per heavy atom.